The van der Waals surface area contributed by atoms with Crippen LogP contribution in [-0.2, 0) is 6.42 Å². The van der Waals surface area contributed by atoms with Crippen LogP contribution in [0, 0.1) is 0 Å². The maximum Gasteiger partial charge on any atom is 0.233 e. The zero-order chi connectivity index (χ0) is 21.1. The fourth-order valence-electron chi connectivity index (χ4n) is 2.27. The maximum absolute atomic E-state index is 9.88. The maximum atomic E-state index is 9.88. The van der Waals surface area contributed by atoms with Crippen molar-refractivity contribution < 1.29 is 14.6 Å². The Morgan fingerprint density at radius 2 is 1.83 bits per heavy atom. The van der Waals surface area contributed by atoms with Crippen molar-refractivity contribution >= 4 is 11.5 Å². The molecule has 0 amide bonds. The highest BCUT2D eigenvalue weighted by molar-refractivity contribution is 5.79. The lowest BCUT2D eigenvalue weighted by molar-refractivity contribution is 0.104. The number of ether oxygens (including phenoxy) is 2. The SMILES string of the molecule is CC(C)=NNc1ccc(OCCc2ccc(OCC(O)CNC(C)C)cc2)nn1. The second kappa shape index (κ2) is 12.0. The summed E-state index contributed by atoms with van der Waals surface area (Å²) < 4.78 is 11.3. The Morgan fingerprint density at radius 3 is 2.45 bits per heavy atom. The lowest BCUT2D eigenvalue weighted by Crippen LogP contribution is -2.35. The van der Waals surface area contributed by atoms with E-state index in [-0.39, 0.29) is 6.61 Å². The average molecular weight is 402 g/mol. The first kappa shape index (κ1) is 22.6. The molecule has 3 N–H and O–H groups in total. The molecule has 0 radical (unpaired) electrons. The van der Waals surface area contributed by atoms with E-state index in [0.717, 1.165) is 23.4 Å². The number of hydrogen-bond acceptors (Lipinski definition) is 8. The topological polar surface area (TPSA) is 101 Å². The largest absolute Gasteiger partial charge is 0.491 e. The van der Waals surface area contributed by atoms with Crippen molar-refractivity contribution in [1.29, 1.82) is 0 Å². The monoisotopic (exact) mass is 401 g/mol. The summed E-state index contributed by atoms with van der Waals surface area (Å²) in [6.07, 6.45) is 0.202. The smallest absolute Gasteiger partial charge is 0.233 e. The van der Waals surface area contributed by atoms with Gasteiger partial charge in [0.1, 0.15) is 18.5 Å². The van der Waals surface area contributed by atoms with E-state index < -0.39 is 6.10 Å². The molecule has 0 fully saturated rings. The number of nitrogens with one attached hydrogen (secondary N) is 2. The Bertz CT molecular complexity index is 744. The minimum atomic E-state index is -0.536. The molecule has 8 nitrogen and oxygen atoms in total. The predicted octanol–water partition coefficient (Wildman–Crippen LogP) is 2.64. The van der Waals surface area contributed by atoms with Gasteiger partial charge >= 0.3 is 0 Å². The number of hydrogen-bond donors (Lipinski definition) is 3. The van der Waals surface area contributed by atoms with Crippen LogP contribution in [0.15, 0.2) is 41.5 Å². The van der Waals surface area contributed by atoms with Crippen LogP contribution in [0.5, 0.6) is 11.6 Å². The number of nitrogens with zero attached hydrogens (tertiary/aromatic N) is 3. The highest BCUT2D eigenvalue weighted by Gasteiger charge is 2.06. The minimum Gasteiger partial charge on any atom is -0.491 e. The van der Waals surface area contributed by atoms with E-state index in [2.05, 4.69) is 26.0 Å². The number of anilines is 1. The van der Waals surface area contributed by atoms with Gasteiger partial charge in [-0.2, -0.15) is 5.10 Å². The molecular weight excluding hydrogens is 370 g/mol. The van der Waals surface area contributed by atoms with Crippen LogP contribution >= 0.6 is 0 Å². The molecule has 158 valence electrons. The summed E-state index contributed by atoms with van der Waals surface area (Å²) >= 11 is 0. The second-order valence-electron chi connectivity index (χ2n) is 7.20. The summed E-state index contributed by atoms with van der Waals surface area (Å²) in [5.41, 5.74) is 4.84. The first-order valence-electron chi connectivity index (χ1n) is 9.79. The summed E-state index contributed by atoms with van der Waals surface area (Å²) in [4.78, 5) is 0. The molecule has 0 bridgehead atoms. The van der Waals surface area contributed by atoms with Gasteiger partial charge in [-0.15, -0.1) is 10.2 Å². The molecule has 0 aliphatic heterocycles. The zero-order valence-electron chi connectivity index (χ0n) is 17.6. The van der Waals surface area contributed by atoms with E-state index in [1.807, 2.05) is 52.0 Å². The molecule has 1 atom stereocenters. The highest BCUT2D eigenvalue weighted by atomic mass is 16.5. The molecule has 2 aromatic rings. The van der Waals surface area contributed by atoms with Gasteiger partial charge in [-0.25, -0.2) is 0 Å². The molecule has 29 heavy (non-hydrogen) atoms. The molecule has 8 heteroatoms. The third-order valence-electron chi connectivity index (χ3n) is 3.80. The van der Waals surface area contributed by atoms with Crippen molar-refractivity contribution in [2.24, 2.45) is 5.10 Å². The fraction of sp³-hybridized carbons (Fsp3) is 0.476. The van der Waals surface area contributed by atoms with Crippen molar-refractivity contribution in [1.82, 2.24) is 15.5 Å². The summed E-state index contributed by atoms with van der Waals surface area (Å²) in [6.45, 7) is 9.13. The van der Waals surface area contributed by atoms with E-state index in [1.54, 1.807) is 12.1 Å². The third-order valence-corrected chi connectivity index (χ3v) is 3.80. The molecule has 0 aliphatic rings. The standard InChI is InChI=1S/C21H31N5O3/c1-15(2)22-13-18(27)14-29-19-7-5-17(6-8-19)11-12-28-21-10-9-20(25-26-21)24-23-16(3)4/h5-10,15,18,22,27H,11-14H2,1-4H3,(H,24,25). The van der Waals surface area contributed by atoms with Crippen LogP contribution in [0.2, 0.25) is 0 Å². The van der Waals surface area contributed by atoms with E-state index in [1.165, 1.54) is 0 Å². The fourth-order valence-corrected chi connectivity index (χ4v) is 2.27. The van der Waals surface area contributed by atoms with Gasteiger partial charge in [-0.1, -0.05) is 26.0 Å². The molecule has 0 aliphatic carbocycles. The minimum absolute atomic E-state index is 0.259. The Hall–Kier alpha value is -2.71. The quantitative estimate of drug-likeness (QED) is 0.371. The van der Waals surface area contributed by atoms with Crippen LogP contribution in [0.4, 0.5) is 5.82 Å². The van der Waals surface area contributed by atoms with Crippen molar-refractivity contribution in [3.8, 4) is 11.6 Å². The number of aliphatic hydroxyl groups is 1. The number of rotatable bonds is 12. The first-order chi connectivity index (χ1) is 13.9. The van der Waals surface area contributed by atoms with Gasteiger partial charge in [0.25, 0.3) is 0 Å². The van der Waals surface area contributed by atoms with E-state index >= 15 is 0 Å². The normalized spacial score (nSPS) is 11.8. The number of aromatic nitrogens is 2. The van der Waals surface area contributed by atoms with Crippen molar-refractivity contribution in [3.05, 3.63) is 42.0 Å². The predicted molar refractivity (Wildman–Crippen MR) is 115 cm³/mol. The number of benzene rings is 1. The van der Waals surface area contributed by atoms with Gasteiger partial charge in [0.2, 0.25) is 5.88 Å². The van der Waals surface area contributed by atoms with E-state index in [4.69, 9.17) is 9.47 Å². The van der Waals surface area contributed by atoms with Crippen LogP contribution in [-0.4, -0.2) is 52.9 Å². The van der Waals surface area contributed by atoms with Crippen LogP contribution in [0.3, 0.4) is 0 Å². The van der Waals surface area contributed by atoms with Gasteiger partial charge in [-0.05, 0) is 37.6 Å². The van der Waals surface area contributed by atoms with Gasteiger partial charge in [0.05, 0.1) is 6.61 Å². The summed E-state index contributed by atoms with van der Waals surface area (Å²) in [5.74, 6) is 1.77. The highest BCUT2D eigenvalue weighted by Crippen LogP contribution is 2.14. The Morgan fingerprint density at radius 1 is 1.07 bits per heavy atom. The zero-order valence-corrected chi connectivity index (χ0v) is 17.6. The molecule has 1 aromatic carbocycles. The Labute approximate surface area is 172 Å². The number of aliphatic hydroxyl groups excluding tert-OH is 1. The molecule has 0 saturated heterocycles. The van der Waals surface area contributed by atoms with Crippen molar-refractivity contribution in [2.75, 3.05) is 25.2 Å². The Kier molecular flexibility index (Phi) is 9.33. The van der Waals surface area contributed by atoms with Crippen molar-refractivity contribution in [2.45, 2.75) is 46.3 Å². The average Bonchev–Trinajstić information content (AvgIpc) is 2.71. The van der Waals surface area contributed by atoms with Crippen LogP contribution < -0.4 is 20.2 Å². The van der Waals surface area contributed by atoms with Crippen molar-refractivity contribution in [3.63, 3.8) is 0 Å². The number of hydrazone groups is 1. The molecular formula is C21H31N5O3. The summed E-state index contributed by atoms with van der Waals surface area (Å²) in [6, 6.07) is 11.6. The summed E-state index contributed by atoms with van der Waals surface area (Å²) in [5, 5.41) is 25.2. The van der Waals surface area contributed by atoms with Gasteiger partial charge in [0.15, 0.2) is 5.82 Å². The second-order valence-corrected chi connectivity index (χ2v) is 7.20. The third kappa shape index (κ3) is 9.36. The first-order valence-corrected chi connectivity index (χ1v) is 9.79. The molecule has 2 rings (SSSR count). The molecule has 1 unspecified atom stereocenters. The molecule has 0 saturated carbocycles. The molecule has 0 spiro atoms. The van der Waals surface area contributed by atoms with E-state index in [9.17, 15) is 5.11 Å². The van der Waals surface area contributed by atoms with Crippen LogP contribution in [0.1, 0.15) is 33.3 Å². The lowest BCUT2D eigenvalue weighted by atomic mass is 10.1. The molecule has 1 aromatic heterocycles. The molecule has 1 heterocycles. The lowest BCUT2D eigenvalue weighted by Gasteiger charge is -2.15. The van der Waals surface area contributed by atoms with Gasteiger partial charge in [-0.3, -0.25) is 5.43 Å². The van der Waals surface area contributed by atoms with E-state index in [0.29, 0.717) is 30.9 Å². The summed E-state index contributed by atoms with van der Waals surface area (Å²) in [7, 11) is 0. The van der Waals surface area contributed by atoms with Crippen LogP contribution in [0.25, 0.3) is 0 Å². The van der Waals surface area contributed by atoms with Gasteiger partial charge < -0.3 is 19.9 Å². The van der Waals surface area contributed by atoms with Gasteiger partial charge in [0, 0.05) is 30.8 Å². The Balaban J connectivity index is 1.70.